The number of rotatable bonds is 4. The van der Waals surface area contributed by atoms with Crippen molar-refractivity contribution in [1.29, 1.82) is 0 Å². The molecule has 3 aromatic carbocycles. The Labute approximate surface area is 161 Å². The Morgan fingerprint density at radius 3 is 2.50 bits per heavy atom. The van der Waals surface area contributed by atoms with Crippen LogP contribution in [-0.2, 0) is 0 Å². The minimum atomic E-state index is -0.680. The van der Waals surface area contributed by atoms with Gasteiger partial charge in [0.1, 0.15) is 16.9 Å². The van der Waals surface area contributed by atoms with Gasteiger partial charge in [0.05, 0.1) is 5.69 Å². The van der Waals surface area contributed by atoms with Crippen LogP contribution in [0.1, 0.15) is 15.9 Å². The molecule has 0 aliphatic heterocycles. The van der Waals surface area contributed by atoms with E-state index in [0.29, 0.717) is 28.2 Å². The smallest absolute Gasteiger partial charge is 0.349 e. The number of amides is 1. The summed E-state index contributed by atoms with van der Waals surface area (Å²) in [7, 11) is 0. The van der Waals surface area contributed by atoms with E-state index in [4.69, 9.17) is 9.15 Å². The molecular weight excluding hydrogens is 354 g/mol. The molecule has 4 aromatic rings. The first-order valence-corrected chi connectivity index (χ1v) is 8.78. The first-order valence-electron chi connectivity index (χ1n) is 8.78. The Morgan fingerprint density at radius 2 is 1.68 bits per heavy atom. The number of fused-ring (bicyclic) bond motifs is 1. The summed E-state index contributed by atoms with van der Waals surface area (Å²) in [4.78, 5) is 25.1. The van der Waals surface area contributed by atoms with Crippen molar-refractivity contribution in [3.05, 3.63) is 100 Å². The van der Waals surface area contributed by atoms with Crippen LogP contribution in [0.15, 0.2) is 88.1 Å². The van der Waals surface area contributed by atoms with E-state index in [1.54, 1.807) is 36.4 Å². The van der Waals surface area contributed by atoms with Gasteiger partial charge in [-0.1, -0.05) is 48.5 Å². The van der Waals surface area contributed by atoms with E-state index in [1.165, 1.54) is 0 Å². The number of para-hydroxylation sites is 4. The summed E-state index contributed by atoms with van der Waals surface area (Å²) in [5.41, 5.74) is 1.04. The molecule has 0 saturated carbocycles. The summed E-state index contributed by atoms with van der Waals surface area (Å²) in [6.45, 7) is 1.85. The average Bonchev–Trinajstić information content (AvgIpc) is 2.70. The number of aryl methyl sites for hydroxylation is 1. The van der Waals surface area contributed by atoms with Crippen LogP contribution >= 0.6 is 0 Å². The quantitative estimate of drug-likeness (QED) is 0.504. The molecule has 1 aromatic heterocycles. The van der Waals surface area contributed by atoms with Crippen LogP contribution < -0.4 is 15.7 Å². The largest absolute Gasteiger partial charge is 0.455 e. The van der Waals surface area contributed by atoms with E-state index in [1.807, 2.05) is 49.4 Å². The Bertz CT molecular complexity index is 1210. The van der Waals surface area contributed by atoms with Crippen molar-refractivity contribution < 1.29 is 13.9 Å². The molecule has 5 heteroatoms. The van der Waals surface area contributed by atoms with Crippen molar-refractivity contribution in [3.8, 4) is 11.5 Å². The highest BCUT2D eigenvalue weighted by Gasteiger charge is 2.16. The summed E-state index contributed by atoms with van der Waals surface area (Å²) in [6.07, 6.45) is 0. The van der Waals surface area contributed by atoms with Crippen LogP contribution in [0.2, 0.25) is 0 Å². The van der Waals surface area contributed by atoms with Gasteiger partial charge in [-0.05, 0) is 42.8 Å². The Morgan fingerprint density at radius 1 is 0.929 bits per heavy atom. The summed E-state index contributed by atoms with van der Waals surface area (Å²) in [6, 6.07) is 23.3. The second-order valence-electron chi connectivity index (χ2n) is 6.31. The van der Waals surface area contributed by atoms with Gasteiger partial charge in [0.2, 0.25) is 0 Å². The number of nitrogens with one attached hydrogen (secondary N) is 1. The molecule has 0 aliphatic rings. The molecule has 0 aliphatic carbocycles. The molecule has 0 radical (unpaired) electrons. The number of carbonyl (C=O) groups excluding carboxylic acids is 1. The topological polar surface area (TPSA) is 68.5 Å². The lowest BCUT2D eigenvalue weighted by Crippen LogP contribution is -2.21. The highest BCUT2D eigenvalue weighted by atomic mass is 16.5. The van der Waals surface area contributed by atoms with E-state index < -0.39 is 11.5 Å². The monoisotopic (exact) mass is 371 g/mol. The predicted octanol–water partition coefficient (Wildman–Crippen LogP) is 5.15. The standard InChI is InChI=1S/C23H17NO4/c1-15-8-7-9-16-14-18(23(26)28-21(15)16)22(25)24-19-12-5-6-13-20(19)27-17-10-3-2-4-11-17/h2-14H,1H3,(H,24,25). The van der Waals surface area contributed by atoms with E-state index in [0.717, 1.165) is 5.56 Å². The SMILES string of the molecule is Cc1cccc2cc(C(=O)Nc3ccccc3Oc3ccccc3)c(=O)oc12. The molecule has 0 saturated heterocycles. The van der Waals surface area contributed by atoms with Gasteiger partial charge >= 0.3 is 5.63 Å². The third-order valence-corrected chi connectivity index (χ3v) is 4.31. The maximum Gasteiger partial charge on any atom is 0.349 e. The van der Waals surface area contributed by atoms with Crippen LogP contribution in [0, 0.1) is 6.92 Å². The maximum absolute atomic E-state index is 12.7. The van der Waals surface area contributed by atoms with Crippen LogP contribution in [0.4, 0.5) is 5.69 Å². The fourth-order valence-electron chi connectivity index (χ4n) is 2.91. The zero-order chi connectivity index (χ0) is 19.5. The highest BCUT2D eigenvalue weighted by Crippen LogP contribution is 2.29. The van der Waals surface area contributed by atoms with E-state index in [9.17, 15) is 9.59 Å². The van der Waals surface area contributed by atoms with Crippen molar-refractivity contribution in [2.75, 3.05) is 5.32 Å². The highest BCUT2D eigenvalue weighted by molar-refractivity contribution is 6.06. The van der Waals surface area contributed by atoms with Gasteiger partial charge in [0.25, 0.3) is 5.91 Å². The maximum atomic E-state index is 12.7. The first kappa shape index (κ1) is 17.5. The van der Waals surface area contributed by atoms with Gasteiger partial charge < -0.3 is 14.5 Å². The summed E-state index contributed by atoms with van der Waals surface area (Å²) in [5, 5.41) is 3.44. The lowest BCUT2D eigenvalue weighted by atomic mass is 10.1. The zero-order valence-electron chi connectivity index (χ0n) is 15.1. The summed E-state index contributed by atoms with van der Waals surface area (Å²) >= 11 is 0. The lowest BCUT2D eigenvalue weighted by molar-refractivity contribution is 0.102. The third-order valence-electron chi connectivity index (χ3n) is 4.31. The van der Waals surface area contributed by atoms with Gasteiger partial charge in [-0.2, -0.15) is 0 Å². The summed E-state index contributed by atoms with van der Waals surface area (Å²) < 4.78 is 11.2. The number of carbonyl (C=O) groups is 1. The van der Waals surface area contributed by atoms with Crippen LogP contribution in [0.3, 0.4) is 0 Å². The van der Waals surface area contributed by atoms with Gasteiger partial charge in [-0.15, -0.1) is 0 Å². The molecule has 0 spiro atoms. The molecule has 1 N–H and O–H groups in total. The van der Waals surface area contributed by atoms with Crippen LogP contribution in [0.25, 0.3) is 11.0 Å². The van der Waals surface area contributed by atoms with E-state index in [2.05, 4.69) is 5.32 Å². The van der Waals surface area contributed by atoms with Gasteiger partial charge in [0, 0.05) is 5.39 Å². The molecular formula is C23H17NO4. The van der Waals surface area contributed by atoms with Crippen molar-refractivity contribution in [3.63, 3.8) is 0 Å². The van der Waals surface area contributed by atoms with Crippen molar-refractivity contribution in [2.45, 2.75) is 6.92 Å². The molecule has 0 bridgehead atoms. The minimum Gasteiger partial charge on any atom is -0.455 e. The second kappa shape index (κ2) is 7.40. The Hall–Kier alpha value is -3.86. The molecule has 0 atom stereocenters. The number of anilines is 1. The van der Waals surface area contributed by atoms with E-state index in [-0.39, 0.29) is 5.56 Å². The molecule has 0 fully saturated rings. The van der Waals surface area contributed by atoms with Crippen LogP contribution in [-0.4, -0.2) is 5.91 Å². The third kappa shape index (κ3) is 3.50. The lowest BCUT2D eigenvalue weighted by Gasteiger charge is -2.12. The predicted molar refractivity (Wildman–Crippen MR) is 108 cm³/mol. The van der Waals surface area contributed by atoms with Gasteiger partial charge in [-0.3, -0.25) is 4.79 Å². The minimum absolute atomic E-state index is 0.0624. The summed E-state index contributed by atoms with van der Waals surface area (Å²) in [5.74, 6) is 0.564. The number of ether oxygens (including phenoxy) is 1. The molecule has 0 unspecified atom stereocenters. The molecule has 4 rings (SSSR count). The molecule has 28 heavy (non-hydrogen) atoms. The van der Waals surface area contributed by atoms with Crippen LogP contribution in [0.5, 0.6) is 11.5 Å². The van der Waals surface area contributed by atoms with Crippen molar-refractivity contribution >= 4 is 22.6 Å². The normalized spacial score (nSPS) is 10.6. The van der Waals surface area contributed by atoms with Gasteiger partial charge in [-0.25, -0.2) is 4.79 Å². The second-order valence-corrected chi connectivity index (χ2v) is 6.31. The fourth-order valence-corrected chi connectivity index (χ4v) is 2.91. The number of hydrogen-bond acceptors (Lipinski definition) is 4. The molecule has 138 valence electrons. The van der Waals surface area contributed by atoms with Gasteiger partial charge in [0.15, 0.2) is 5.75 Å². The fraction of sp³-hybridized carbons (Fsp3) is 0.0435. The van der Waals surface area contributed by atoms with Crippen molar-refractivity contribution in [1.82, 2.24) is 0 Å². The molecule has 1 amide bonds. The number of hydrogen-bond donors (Lipinski definition) is 1. The first-order chi connectivity index (χ1) is 13.6. The molecule has 5 nitrogen and oxygen atoms in total. The Kier molecular flexibility index (Phi) is 4.64. The zero-order valence-corrected chi connectivity index (χ0v) is 15.1. The average molecular weight is 371 g/mol. The van der Waals surface area contributed by atoms with Crippen molar-refractivity contribution in [2.24, 2.45) is 0 Å². The Balaban J connectivity index is 1.65. The number of benzene rings is 3. The molecule has 1 heterocycles. The van der Waals surface area contributed by atoms with E-state index >= 15 is 0 Å².